The first-order chi connectivity index (χ1) is 13.1. The van der Waals surface area contributed by atoms with Crippen molar-refractivity contribution in [3.63, 3.8) is 0 Å². The molecule has 1 aromatic carbocycles. The number of H-pyrrole nitrogens is 1. The molecule has 1 atom stereocenters. The van der Waals surface area contributed by atoms with Crippen molar-refractivity contribution in [1.82, 2.24) is 25.1 Å². The van der Waals surface area contributed by atoms with Gasteiger partial charge in [-0.25, -0.2) is 13.8 Å². The molecule has 138 valence electrons. The number of nitrogens with zero attached hydrogens (tertiary/aromatic N) is 4. The molecule has 0 radical (unpaired) electrons. The highest BCUT2D eigenvalue weighted by atomic mass is 19.1. The molecule has 0 bridgehead atoms. The number of rotatable bonds is 3. The molecule has 1 aliphatic heterocycles. The van der Waals surface area contributed by atoms with Crippen LogP contribution in [0.1, 0.15) is 41.5 Å². The molecule has 1 fully saturated rings. The van der Waals surface area contributed by atoms with Crippen LogP contribution >= 0.6 is 0 Å². The average Bonchev–Trinajstić information content (AvgIpc) is 3.20. The van der Waals surface area contributed by atoms with Gasteiger partial charge in [0, 0.05) is 24.5 Å². The number of aromatic nitrogens is 4. The maximum atomic E-state index is 14.1. The Morgan fingerprint density at radius 3 is 2.78 bits per heavy atom. The number of halogens is 2. The summed E-state index contributed by atoms with van der Waals surface area (Å²) < 4.78 is 27.6. The first kappa shape index (κ1) is 17.3. The van der Waals surface area contributed by atoms with E-state index in [4.69, 9.17) is 0 Å². The molecule has 1 N–H and O–H groups in total. The van der Waals surface area contributed by atoms with Crippen LogP contribution < -0.4 is 0 Å². The van der Waals surface area contributed by atoms with Crippen molar-refractivity contribution in [1.29, 1.82) is 0 Å². The van der Waals surface area contributed by atoms with Gasteiger partial charge in [0.1, 0.15) is 17.5 Å². The van der Waals surface area contributed by atoms with E-state index in [1.807, 2.05) is 0 Å². The Balaban J connectivity index is 1.64. The van der Waals surface area contributed by atoms with Gasteiger partial charge in [0.25, 0.3) is 5.91 Å². The fraction of sp³-hybridized carbons (Fsp3) is 0.263. The van der Waals surface area contributed by atoms with Gasteiger partial charge in [0.05, 0.1) is 11.6 Å². The maximum absolute atomic E-state index is 14.1. The van der Waals surface area contributed by atoms with Crippen molar-refractivity contribution >= 4 is 5.91 Å². The van der Waals surface area contributed by atoms with E-state index in [0.29, 0.717) is 24.6 Å². The highest BCUT2D eigenvalue weighted by Crippen LogP contribution is 2.31. The summed E-state index contributed by atoms with van der Waals surface area (Å²) in [5, 5.41) is 7.12. The maximum Gasteiger partial charge on any atom is 0.257 e. The number of pyridine rings is 1. The lowest BCUT2D eigenvalue weighted by atomic mass is 10.00. The van der Waals surface area contributed by atoms with Crippen LogP contribution in [0.5, 0.6) is 0 Å². The van der Waals surface area contributed by atoms with Gasteiger partial charge in [-0.05, 0) is 49.6 Å². The number of benzene rings is 1. The Bertz CT molecular complexity index is 960. The SMILES string of the molecule is O=C(c1cc(F)ccc1F)N1CCCCC1c1nc(-c2ccncc2)n[nH]1. The standard InChI is InChI=1S/C19H17F2N5O/c20-13-4-5-15(21)14(11-13)19(27)26-10-2-1-3-16(26)18-23-17(24-25-18)12-6-8-22-9-7-12/h4-9,11,16H,1-3,10H2,(H,23,24,25). The number of carbonyl (C=O) groups excluding carboxylic acids is 1. The summed E-state index contributed by atoms with van der Waals surface area (Å²) in [5.41, 5.74) is 0.535. The van der Waals surface area contributed by atoms with Crippen LogP contribution in [0.25, 0.3) is 11.4 Å². The van der Waals surface area contributed by atoms with Crippen molar-refractivity contribution in [2.75, 3.05) is 6.54 Å². The van der Waals surface area contributed by atoms with Gasteiger partial charge < -0.3 is 4.90 Å². The Hall–Kier alpha value is -3.16. The van der Waals surface area contributed by atoms with Gasteiger partial charge in [-0.15, -0.1) is 0 Å². The van der Waals surface area contributed by atoms with Crippen molar-refractivity contribution < 1.29 is 13.6 Å². The fourth-order valence-corrected chi connectivity index (χ4v) is 3.33. The van der Waals surface area contributed by atoms with E-state index in [0.717, 1.165) is 36.6 Å². The third-order valence-electron chi connectivity index (χ3n) is 4.68. The number of carbonyl (C=O) groups is 1. The molecular formula is C19H17F2N5O. The fourth-order valence-electron chi connectivity index (χ4n) is 3.33. The number of likely N-dealkylation sites (tertiary alicyclic amines) is 1. The lowest BCUT2D eigenvalue weighted by Crippen LogP contribution is -2.39. The minimum atomic E-state index is -0.735. The molecule has 1 amide bonds. The molecule has 4 rings (SSSR count). The first-order valence-corrected chi connectivity index (χ1v) is 8.72. The van der Waals surface area contributed by atoms with Crippen LogP contribution in [0.3, 0.4) is 0 Å². The number of nitrogens with one attached hydrogen (secondary N) is 1. The highest BCUT2D eigenvalue weighted by molar-refractivity contribution is 5.94. The predicted molar refractivity (Wildman–Crippen MR) is 93.6 cm³/mol. The van der Waals surface area contributed by atoms with Crippen LogP contribution in [0.15, 0.2) is 42.7 Å². The third-order valence-corrected chi connectivity index (χ3v) is 4.68. The minimum Gasteiger partial charge on any atom is -0.328 e. The van der Waals surface area contributed by atoms with Crippen molar-refractivity contribution in [3.05, 3.63) is 65.7 Å². The largest absolute Gasteiger partial charge is 0.328 e. The van der Waals surface area contributed by atoms with Crippen LogP contribution in [0, 0.1) is 11.6 Å². The lowest BCUT2D eigenvalue weighted by Gasteiger charge is -2.34. The van der Waals surface area contributed by atoms with Gasteiger partial charge in [-0.3, -0.25) is 14.9 Å². The Morgan fingerprint density at radius 2 is 1.96 bits per heavy atom. The number of aromatic amines is 1. The molecule has 0 saturated carbocycles. The molecule has 1 unspecified atom stereocenters. The van der Waals surface area contributed by atoms with E-state index >= 15 is 0 Å². The molecule has 8 heteroatoms. The molecule has 6 nitrogen and oxygen atoms in total. The van der Waals surface area contributed by atoms with E-state index < -0.39 is 17.5 Å². The Morgan fingerprint density at radius 1 is 1.15 bits per heavy atom. The molecule has 3 heterocycles. The summed E-state index contributed by atoms with van der Waals surface area (Å²) in [4.78, 5) is 22.9. The Kier molecular flexibility index (Phi) is 4.62. The van der Waals surface area contributed by atoms with Gasteiger partial charge >= 0.3 is 0 Å². The first-order valence-electron chi connectivity index (χ1n) is 8.72. The number of hydrogen-bond donors (Lipinski definition) is 1. The van der Waals surface area contributed by atoms with Crippen molar-refractivity contribution in [2.24, 2.45) is 0 Å². The second-order valence-electron chi connectivity index (χ2n) is 6.41. The van der Waals surface area contributed by atoms with Crippen LogP contribution in [-0.2, 0) is 0 Å². The number of piperidine rings is 1. The van der Waals surface area contributed by atoms with E-state index in [-0.39, 0.29) is 11.6 Å². The van der Waals surface area contributed by atoms with Crippen LogP contribution in [0.4, 0.5) is 8.78 Å². The van der Waals surface area contributed by atoms with Crippen molar-refractivity contribution in [2.45, 2.75) is 25.3 Å². The zero-order valence-electron chi connectivity index (χ0n) is 14.4. The molecule has 0 aliphatic carbocycles. The summed E-state index contributed by atoms with van der Waals surface area (Å²) in [6.07, 6.45) is 5.67. The van der Waals surface area contributed by atoms with Crippen LogP contribution in [0.2, 0.25) is 0 Å². The monoisotopic (exact) mass is 369 g/mol. The van der Waals surface area contributed by atoms with Crippen molar-refractivity contribution in [3.8, 4) is 11.4 Å². The molecule has 1 saturated heterocycles. The summed E-state index contributed by atoms with van der Waals surface area (Å²) in [6.45, 7) is 0.449. The zero-order chi connectivity index (χ0) is 18.8. The van der Waals surface area contributed by atoms with E-state index in [2.05, 4.69) is 20.2 Å². The quantitative estimate of drug-likeness (QED) is 0.767. The third kappa shape index (κ3) is 3.42. The lowest BCUT2D eigenvalue weighted by molar-refractivity contribution is 0.0595. The molecular weight excluding hydrogens is 352 g/mol. The summed E-state index contributed by atoms with van der Waals surface area (Å²) >= 11 is 0. The molecule has 3 aromatic rings. The number of hydrogen-bond acceptors (Lipinski definition) is 4. The van der Waals surface area contributed by atoms with Gasteiger partial charge in [0.2, 0.25) is 0 Å². The zero-order valence-corrected chi connectivity index (χ0v) is 14.4. The second-order valence-corrected chi connectivity index (χ2v) is 6.41. The van der Waals surface area contributed by atoms with Gasteiger partial charge in [0.15, 0.2) is 5.82 Å². The number of amides is 1. The Labute approximate surface area is 154 Å². The predicted octanol–water partition coefficient (Wildman–Crippen LogP) is 3.51. The summed E-state index contributed by atoms with van der Waals surface area (Å²) in [5.74, 6) is -0.888. The van der Waals surface area contributed by atoms with Crippen LogP contribution in [-0.4, -0.2) is 37.5 Å². The van der Waals surface area contributed by atoms with Gasteiger partial charge in [-0.2, -0.15) is 5.10 Å². The normalized spacial score (nSPS) is 17.1. The average molecular weight is 369 g/mol. The van der Waals surface area contributed by atoms with E-state index in [1.165, 1.54) is 4.90 Å². The smallest absolute Gasteiger partial charge is 0.257 e. The second kappa shape index (κ2) is 7.22. The topological polar surface area (TPSA) is 74.8 Å². The molecule has 0 spiro atoms. The minimum absolute atomic E-state index is 0.268. The van der Waals surface area contributed by atoms with E-state index in [9.17, 15) is 13.6 Å². The molecule has 27 heavy (non-hydrogen) atoms. The summed E-state index contributed by atoms with van der Waals surface area (Å²) in [6, 6.07) is 6.12. The summed E-state index contributed by atoms with van der Waals surface area (Å²) in [7, 11) is 0. The van der Waals surface area contributed by atoms with Gasteiger partial charge in [-0.1, -0.05) is 0 Å². The highest BCUT2D eigenvalue weighted by Gasteiger charge is 2.32. The molecule has 1 aliphatic rings. The van der Waals surface area contributed by atoms with E-state index in [1.54, 1.807) is 24.5 Å². The molecule has 2 aromatic heterocycles.